The van der Waals surface area contributed by atoms with Gasteiger partial charge in [0.05, 0.1) is 11.2 Å². The molecule has 0 saturated heterocycles. The van der Waals surface area contributed by atoms with Crippen LogP contribution in [0.3, 0.4) is 0 Å². The first kappa shape index (κ1) is 19.0. The molecule has 4 aromatic rings. The summed E-state index contributed by atoms with van der Waals surface area (Å²) < 4.78 is 7.04. The molecule has 2 heterocycles. The van der Waals surface area contributed by atoms with Crippen molar-refractivity contribution in [2.24, 2.45) is 5.73 Å². The third kappa shape index (κ3) is 3.79. The number of aromatic nitrogens is 3. The van der Waals surface area contributed by atoms with Gasteiger partial charge in [0.2, 0.25) is 5.91 Å². The number of amides is 1. The lowest BCUT2D eigenvalue weighted by Crippen LogP contribution is -2.32. The minimum atomic E-state index is -0.532. The van der Waals surface area contributed by atoms with E-state index in [1.54, 1.807) is 42.6 Å². The molecule has 0 bridgehead atoms. The van der Waals surface area contributed by atoms with Gasteiger partial charge in [-0.3, -0.25) is 20.6 Å². The molecule has 2 aromatic heterocycles. The van der Waals surface area contributed by atoms with E-state index in [1.165, 1.54) is 4.68 Å². The molecule has 2 aromatic carbocycles. The zero-order chi connectivity index (χ0) is 21.1. The minimum absolute atomic E-state index is 0.0106. The Morgan fingerprint density at radius 1 is 1.07 bits per heavy atom. The number of fused-ring (bicyclic) bond motifs is 1. The zero-order valence-electron chi connectivity index (χ0n) is 15.9. The second-order valence-corrected chi connectivity index (χ2v) is 6.52. The molecule has 0 radical (unpaired) electrons. The lowest BCUT2D eigenvalue weighted by Gasteiger charge is -2.12. The molecule has 0 aliphatic carbocycles. The van der Waals surface area contributed by atoms with Crippen molar-refractivity contribution in [2.75, 3.05) is 6.61 Å². The topological polar surface area (TPSA) is 131 Å². The van der Waals surface area contributed by atoms with Crippen LogP contribution in [0.1, 0.15) is 10.4 Å². The molecule has 0 spiro atoms. The van der Waals surface area contributed by atoms with E-state index in [4.69, 9.17) is 21.3 Å². The highest BCUT2D eigenvalue weighted by atomic mass is 16.5. The van der Waals surface area contributed by atoms with Gasteiger partial charge < -0.3 is 10.5 Å². The van der Waals surface area contributed by atoms with Crippen LogP contribution in [0.25, 0.3) is 22.2 Å². The van der Waals surface area contributed by atoms with Crippen molar-refractivity contribution in [2.45, 2.75) is 0 Å². The molecule has 0 unspecified atom stereocenters. The first-order valence-corrected chi connectivity index (χ1v) is 9.12. The lowest BCUT2D eigenvalue weighted by atomic mass is 10.1. The van der Waals surface area contributed by atoms with Gasteiger partial charge in [-0.1, -0.05) is 30.3 Å². The van der Waals surface area contributed by atoms with Crippen molar-refractivity contribution >= 4 is 22.6 Å². The second-order valence-electron chi connectivity index (χ2n) is 6.52. The van der Waals surface area contributed by atoms with E-state index in [0.717, 1.165) is 5.56 Å². The number of carbonyl (C=O) groups is 1. The smallest absolute Gasteiger partial charge is 0.248 e. The first-order valence-electron chi connectivity index (χ1n) is 9.12. The van der Waals surface area contributed by atoms with Gasteiger partial charge in [-0.15, -0.1) is 0 Å². The van der Waals surface area contributed by atoms with E-state index in [0.29, 0.717) is 27.9 Å². The summed E-state index contributed by atoms with van der Waals surface area (Å²) in [5.74, 6) is -0.0147. The largest absolute Gasteiger partial charge is 0.485 e. The number of carbonyl (C=O) groups excluding carboxylic acids is 1. The summed E-state index contributed by atoms with van der Waals surface area (Å²) in [6, 6.07) is 19.5. The van der Waals surface area contributed by atoms with E-state index < -0.39 is 5.91 Å². The third-order valence-electron chi connectivity index (χ3n) is 4.51. The Bertz CT molecular complexity index is 1310. The summed E-state index contributed by atoms with van der Waals surface area (Å²) in [6.07, 6.45) is 1.56. The van der Waals surface area contributed by atoms with Gasteiger partial charge in [0.25, 0.3) is 0 Å². The third-order valence-corrected chi connectivity index (χ3v) is 4.51. The molecule has 0 aliphatic heterocycles. The maximum absolute atomic E-state index is 11.4. The number of nitrogens with zero attached hydrogens (tertiary/aromatic N) is 3. The van der Waals surface area contributed by atoms with Crippen LogP contribution in [0.4, 0.5) is 0 Å². The van der Waals surface area contributed by atoms with Crippen LogP contribution in [0, 0.1) is 10.8 Å². The lowest BCUT2D eigenvalue weighted by molar-refractivity contribution is 0.100. The summed E-state index contributed by atoms with van der Waals surface area (Å²) in [5.41, 5.74) is 7.87. The van der Waals surface area contributed by atoms with Crippen molar-refractivity contribution in [1.29, 1.82) is 10.8 Å². The summed E-state index contributed by atoms with van der Waals surface area (Å²) >= 11 is 0. The maximum atomic E-state index is 11.4. The number of benzene rings is 2. The Labute approximate surface area is 171 Å². The van der Waals surface area contributed by atoms with E-state index in [1.807, 2.05) is 30.3 Å². The molecule has 8 heteroatoms. The maximum Gasteiger partial charge on any atom is 0.248 e. The standard InChI is InChI=1S/C22H18N6O2/c23-20-9-8-17(14-4-2-1-3-5-14)27-28(20)21(24)13-30-19-10-11-26-18-12-15(22(25)29)6-7-16(18)19/h1-12,23-24H,13H2,(H2,25,29). The molecule has 8 nitrogen and oxygen atoms in total. The Morgan fingerprint density at radius 2 is 1.87 bits per heavy atom. The molecule has 148 valence electrons. The van der Waals surface area contributed by atoms with Gasteiger partial charge in [-0.25, -0.2) is 0 Å². The summed E-state index contributed by atoms with van der Waals surface area (Å²) in [6.45, 7) is -0.0987. The number of nitrogens with two attached hydrogens (primary N) is 1. The fraction of sp³-hybridized carbons (Fsp3) is 0.0455. The molecular formula is C22H18N6O2. The van der Waals surface area contributed by atoms with Crippen LogP contribution in [0.15, 0.2) is 72.9 Å². The quantitative estimate of drug-likeness (QED) is 0.352. The van der Waals surface area contributed by atoms with Gasteiger partial charge in [0.15, 0.2) is 5.84 Å². The van der Waals surface area contributed by atoms with Crippen LogP contribution >= 0.6 is 0 Å². The van der Waals surface area contributed by atoms with Crippen molar-refractivity contribution in [3.8, 4) is 17.0 Å². The number of hydrogen-bond acceptors (Lipinski definition) is 6. The number of pyridine rings is 1. The Kier molecular flexibility index (Phi) is 5.04. The highest BCUT2D eigenvalue weighted by Gasteiger charge is 2.10. The molecule has 30 heavy (non-hydrogen) atoms. The Balaban J connectivity index is 1.58. The molecule has 4 rings (SSSR count). The van der Waals surface area contributed by atoms with Crippen molar-refractivity contribution < 1.29 is 9.53 Å². The second kappa shape index (κ2) is 7.96. The fourth-order valence-corrected chi connectivity index (χ4v) is 3.00. The van der Waals surface area contributed by atoms with Crippen molar-refractivity contribution in [1.82, 2.24) is 14.8 Å². The van der Waals surface area contributed by atoms with E-state index >= 15 is 0 Å². The minimum Gasteiger partial charge on any atom is -0.485 e. The number of ether oxygens (including phenoxy) is 1. The molecule has 1 amide bonds. The average molecular weight is 398 g/mol. The number of hydrogen-bond donors (Lipinski definition) is 3. The van der Waals surface area contributed by atoms with Crippen LogP contribution in [-0.4, -0.2) is 33.1 Å². The molecular weight excluding hydrogens is 380 g/mol. The number of rotatable bonds is 5. The van der Waals surface area contributed by atoms with Crippen molar-refractivity contribution in [3.05, 3.63) is 84.0 Å². The molecule has 0 aliphatic rings. The Morgan fingerprint density at radius 3 is 2.63 bits per heavy atom. The van der Waals surface area contributed by atoms with Gasteiger partial charge in [-0.2, -0.15) is 9.78 Å². The Hall–Kier alpha value is -4.33. The van der Waals surface area contributed by atoms with E-state index in [2.05, 4.69) is 10.1 Å². The molecule has 4 N–H and O–H groups in total. The summed E-state index contributed by atoms with van der Waals surface area (Å²) in [4.78, 5) is 15.6. The van der Waals surface area contributed by atoms with E-state index in [9.17, 15) is 4.79 Å². The molecule has 0 atom stereocenters. The van der Waals surface area contributed by atoms with Crippen LogP contribution in [0.5, 0.6) is 5.75 Å². The van der Waals surface area contributed by atoms with Crippen molar-refractivity contribution in [3.63, 3.8) is 0 Å². The van der Waals surface area contributed by atoms with E-state index in [-0.39, 0.29) is 17.9 Å². The summed E-state index contributed by atoms with van der Waals surface area (Å²) in [5, 5.41) is 21.5. The highest BCUT2D eigenvalue weighted by Crippen LogP contribution is 2.24. The zero-order valence-corrected chi connectivity index (χ0v) is 15.9. The van der Waals surface area contributed by atoms with Gasteiger partial charge >= 0.3 is 0 Å². The monoisotopic (exact) mass is 398 g/mol. The van der Waals surface area contributed by atoms with Gasteiger partial charge in [0.1, 0.15) is 17.8 Å². The van der Waals surface area contributed by atoms with Gasteiger partial charge in [-0.05, 0) is 36.4 Å². The summed E-state index contributed by atoms with van der Waals surface area (Å²) in [7, 11) is 0. The first-order chi connectivity index (χ1) is 14.5. The molecule has 0 fully saturated rings. The predicted octanol–water partition coefficient (Wildman–Crippen LogP) is 2.58. The molecule has 0 saturated carbocycles. The number of nitrogens with one attached hydrogen (secondary N) is 2. The van der Waals surface area contributed by atoms with Crippen LogP contribution < -0.4 is 16.0 Å². The number of primary amides is 1. The average Bonchev–Trinajstić information content (AvgIpc) is 2.77. The van der Waals surface area contributed by atoms with Crippen LogP contribution in [0.2, 0.25) is 0 Å². The SMILES string of the molecule is N=C(COc1ccnc2cc(C(N)=O)ccc12)n1nc(-c2ccccc2)ccc1=N. The van der Waals surface area contributed by atoms with Crippen LogP contribution in [-0.2, 0) is 0 Å². The highest BCUT2D eigenvalue weighted by molar-refractivity contribution is 5.97. The fourth-order valence-electron chi connectivity index (χ4n) is 3.00. The van der Waals surface area contributed by atoms with Gasteiger partial charge in [0, 0.05) is 22.7 Å². The normalized spacial score (nSPS) is 10.7. The predicted molar refractivity (Wildman–Crippen MR) is 112 cm³/mol.